The van der Waals surface area contributed by atoms with Crippen LogP contribution in [-0.4, -0.2) is 42.1 Å². The Morgan fingerprint density at radius 3 is 2.47 bits per heavy atom. The minimum absolute atomic E-state index is 0.183. The van der Waals surface area contributed by atoms with E-state index in [9.17, 15) is 9.59 Å². The van der Waals surface area contributed by atoms with E-state index < -0.39 is 11.9 Å². The van der Waals surface area contributed by atoms with E-state index in [0.29, 0.717) is 12.0 Å². The predicted molar refractivity (Wildman–Crippen MR) is 64.8 cm³/mol. The summed E-state index contributed by atoms with van der Waals surface area (Å²) in [6, 6.07) is -0.183. The van der Waals surface area contributed by atoms with Crippen molar-refractivity contribution in [2.75, 3.05) is 20.1 Å². The SMILES string of the molecule is CCC1(CNC(=O)N(C)CC(C)C(=O)O)CC1. The van der Waals surface area contributed by atoms with Gasteiger partial charge in [-0.15, -0.1) is 0 Å². The van der Waals surface area contributed by atoms with E-state index in [4.69, 9.17) is 5.11 Å². The number of aliphatic carboxylic acids is 1. The van der Waals surface area contributed by atoms with Gasteiger partial charge in [0.1, 0.15) is 0 Å². The minimum atomic E-state index is -0.878. The molecule has 0 aromatic rings. The van der Waals surface area contributed by atoms with Gasteiger partial charge in [0.2, 0.25) is 0 Å². The molecule has 2 N–H and O–H groups in total. The number of amides is 2. The maximum absolute atomic E-state index is 11.7. The molecule has 0 saturated heterocycles. The van der Waals surface area contributed by atoms with Crippen LogP contribution in [0.1, 0.15) is 33.1 Å². The lowest BCUT2D eigenvalue weighted by atomic mass is 10.0. The lowest BCUT2D eigenvalue weighted by Gasteiger charge is -2.22. The van der Waals surface area contributed by atoms with E-state index in [2.05, 4.69) is 12.2 Å². The Hall–Kier alpha value is -1.26. The first kappa shape index (κ1) is 13.8. The standard InChI is InChI=1S/C12H22N2O3/c1-4-12(5-6-12)8-13-11(17)14(3)7-9(2)10(15)16/h9H,4-8H2,1-3H3,(H,13,17)(H,15,16). The van der Waals surface area contributed by atoms with E-state index in [-0.39, 0.29) is 12.6 Å². The molecule has 1 unspecified atom stereocenters. The van der Waals surface area contributed by atoms with Gasteiger partial charge >= 0.3 is 12.0 Å². The van der Waals surface area contributed by atoms with E-state index in [1.165, 1.54) is 17.7 Å². The van der Waals surface area contributed by atoms with E-state index >= 15 is 0 Å². The van der Waals surface area contributed by atoms with E-state index in [1.54, 1.807) is 14.0 Å². The third-order valence-electron chi connectivity index (χ3n) is 3.64. The average molecular weight is 242 g/mol. The van der Waals surface area contributed by atoms with Crippen LogP contribution in [0.4, 0.5) is 4.79 Å². The van der Waals surface area contributed by atoms with Crippen molar-refractivity contribution in [1.82, 2.24) is 10.2 Å². The Kier molecular flexibility index (Phi) is 4.37. The third kappa shape index (κ3) is 3.91. The van der Waals surface area contributed by atoms with Gasteiger partial charge in [-0.1, -0.05) is 13.8 Å². The normalized spacial score (nSPS) is 18.3. The van der Waals surface area contributed by atoms with E-state index in [1.807, 2.05) is 0 Å². The largest absolute Gasteiger partial charge is 0.481 e. The summed E-state index contributed by atoms with van der Waals surface area (Å²) in [6.07, 6.45) is 3.45. The molecule has 17 heavy (non-hydrogen) atoms. The smallest absolute Gasteiger partial charge is 0.317 e. The van der Waals surface area contributed by atoms with Gasteiger partial charge < -0.3 is 15.3 Å². The van der Waals surface area contributed by atoms with Gasteiger partial charge in [-0.2, -0.15) is 0 Å². The Labute approximate surface area is 102 Å². The second kappa shape index (κ2) is 5.38. The summed E-state index contributed by atoms with van der Waals surface area (Å²) in [4.78, 5) is 23.8. The van der Waals surface area contributed by atoms with Crippen molar-refractivity contribution in [3.05, 3.63) is 0 Å². The minimum Gasteiger partial charge on any atom is -0.481 e. The van der Waals surface area contributed by atoms with Crippen molar-refractivity contribution >= 4 is 12.0 Å². The van der Waals surface area contributed by atoms with Crippen LogP contribution < -0.4 is 5.32 Å². The average Bonchev–Trinajstić information content (AvgIpc) is 3.06. The Morgan fingerprint density at radius 1 is 1.47 bits per heavy atom. The van der Waals surface area contributed by atoms with Gasteiger partial charge in [-0.3, -0.25) is 4.79 Å². The highest BCUT2D eigenvalue weighted by Gasteiger charge is 2.40. The zero-order valence-electron chi connectivity index (χ0n) is 10.8. The quantitative estimate of drug-likeness (QED) is 0.742. The summed E-state index contributed by atoms with van der Waals surface area (Å²) >= 11 is 0. The second-order valence-electron chi connectivity index (χ2n) is 5.13. The molecule has 0 spiro atoms. The first-order valence-electron chi connectivity index (χ1n) is 6.12. The van der Waals surface area contributed by atoms with Gasteiger partial charge in [0.25, 0.3) is 0 Å². The van der Waals surface area contributed by atoms with Crippen LogP contribution in [0.15, 0.2) is 0 Å². The molecule has 0 aliphatic heterocycles. The summed E-state index contributed by atoms with van der Waals surface area (Å²) in [6.45, 7) is 4.67. The zero-order valence-corrected chi connectivity index (χ0v) is 10.8. The lowest BCUT2D eigenvalue weighted by molar-refractivity contribution is -0.141. The van der Waals surface area contributed by atoms with E-state index in [0.717, 1.165) is 6.42 Å². The number of carboxylic acid groups (broad SMARTS) is 1. The van der Waals surface area contributed by atoms with Crippen LogP contribution in [0.2, 0.25) is 0 Å². The lowest BCUT2D eigenvalue weighted by Crippen LogP contribution is -2.42. The molecule has 1 aliphatic carbocycles. The Bertz CT molecular complexity index is 300. The van der Waals surface area contributed by atoms with Gasteiger partial charge in [0.15, 0.2) is 0 Å². The number of carbonyl (C=O) groups is 2. The van der Waals surface area contributed by atoms with Crippen molar-refractivity contribution in [2.45, 2.75) is 33.1 Å². The molecule has 0 aromatic heterocycles. The number of urea groups is 1. The van der Waals surface area contributed by atoms with Crippen molar-refractivity contribution in [3.8, 4) is 0 Å². The molecule has 0 heterocycles. The molecular formula is C12H22N2O3. The number of carboxylic acids is 1. The maximum atomic E-state index is 11.7. The fourth-order valence-electron chi connectivity index (χ4n) is 1.80. The van der Waals surface area contributed by atoms with Crippen molar-refractivity contribution in [1.29, 1.82) is 0 Å². The van der Waals surface area contributed by atoms with Gasteiger partial charge in [-0.25, -0.2) is 4.79 Å². The van der Waals surface area contributed by atoms with Crippen LogP contribution in [0, 0.1) is 11.3 Å². The molecule has 0 radical (unpaired) electrons. The number of rotatable bonds is 6. The number of hydrogen-bond acceptors (Lipinski definition) is 2. The van der Waals surface area contributed by atoms with Crippen LogP contribution in [0.3, 0.4) is 0 Å². The van der Waals surface area contributed by atoms with Crippen LogP contribution >= 0.6 is 0 Å². The molecule has 1 rings (SSSR count). The van der Waals surface area contributed by atoms with Crippen LogP contribution in [0.5, 0.6) is 0 Å². The monoisotopic (exact) mass is 242 g/mol. The molecular weight excluding hydrogens is 220 g/mol. The summed E-state index contributed by atoms with van der Waals surface area (Å²) < 4.78 is 0. The van der Waals surface area contributed by atoms with Gasteiger partial charge in [0, 0.05) is 20.1 Å². The van der Waals surface area contributed by atoms with Gasteiger partial charge in [0.05, 0.1) is 5.92 Å². The summed E-state index contributed by atoms with van der Waals surface area (Å²) in [5.41, 5.74) is 0.314. The molecule has 98 valence electrons. The molecule has 2 amide bonds. The molecule has 1 fully saturated rings. The highest BCUT2D eigenvalue weighted by molar-refractivity contribution is 5.75. The van der Waals surface area contributed by atoms with Gasteiger partial charge in [-0.05, 0) is 24.7 Å². The maximum Gasteiger partial charge on any atom is 0.317 e. The molecule has 1 atom stereocenters. The Morgan fingerprint density at radius 2 is 2.06 bits per heavy atom. The molecule has 0 aromatic carbocycles. The summed E-state index contributed by atoms with van der Waals surface area (Å²) in [5, 5.41) is 11.6. The molecule has 1 aliphatic rings. The summed E-state index contributed by atoms with van der Waals surface area (Å²) in [7, 11) is 1.63. The third-order valence-corrected chi connectivity index (χ3v) is 3.64. The fraction of sp³-hybridized carbons (Fsp3) is 0.833. The second-order valence-corrected chi connectivity index (χ2v) is 5.13. The van der Waals surface area contributed by atoms with Crippen molar-refractivity contribution in [3.63, 3.8) is 0 Å². The fourth-order valence-corrected chi connectivity index (χ4v) is 1.80. The molecule has 5 nitrogen and oxygen atoms in total. The van der Waals surface area contributed by atoms with Crippen molar-refractivity contribution in [2.24, 2.45) is 11.3 Å². The topological polar surface area (TPSA) is 69.6 Å². The summed E-state index contributed by atoms with van der Waals surface area (Å²) in [5.74, 6) is -1.41. The molecule has 0 bridgehead atoms. The Balaban J connectivity index is 2.29. The first-order valence-corrected chi connectivity index (χ1v) is 6.12. The number of carbonyl (C=O) groups excluding carboxylic acids is 1. The van der Waals surface area contributed by atoms with Crippen molar-refractivity contribution < 1.29 is 14.7 Å². The van der Waals surface area contributed by atoms with Crippen LogP contribution in [0.25, 0.3) is 0 Å². The highest BCUT2D eigenvalue weighted by Crippen LogP contribution is 2.47. The highest BCUT2D eigenvalue weighted by atomic mass is 16.4. The molecule has 1 saturated carbocycles. The zero-order chi connectivity index (χ0) is 13.1. The molecule has 5 heteroatoms. The predicted octanol–water partition coefficient (Wildman–Crippen LogP) is 1.54. The number of hydrogen-bond donors (Lipinski definition) is 2. The number of nitrogens with one attached hydrogen (secondary N) is 1. The number of nitrogens with zero attached hydrogens (tertiary/aromatic N) is 1. The first-order chi connectivity index (χ1) is 7.90. The van der Waals surface area contributed by atoms with Crippen LogP contribution in [-0.2, 0) is 4.79 Å².